The number of unbranched alkanes of at least 4 members (excludes halogenated alkanes) is 9. The number of aliphatic imine (C=N–C) groups is 1. The van der Waals surface area contributed by atoms with Gasteiger partial charge in [-0.1, -0.05) is 70.8 Å². The molecule has 1 N–H and O–H groups in total. The summed E-state index contributed by atoms with van der Waals surface area (Å²) in [4.78, 5) is 3.98. The van der Waals surface area contributed by atoms with Crippen molar-refractivity contribution in [1.29, 1.82) is 0 Å². The molecule has 0 aliphatic rings. The zero-order chi connectivity index (χ0) is 16.0. The van der Waals surface area contributed by atoms with Crippen molar-refractivity contribution in [2.75, 3.05) is 7.05 Å². The van der Waals surface area contributed by atoms with Crippen molar-refractivity contribution in [3.63, 3.8) is 0 Å². The van der Waals surface area contributed by atoms with E-state index in [1.165, 1.54) is 69.8 Å². The summed E-state index contributed by atoms with van der Waals surface area (Å²) in [6.07, 6.45) is 16.5. The van der Waals surface area contributed by atoms with Gasteiger partial charge in [-0.25, -0.2) is 0 Å². The van der Waals surface area contributed by atoms with E-state index in [1.54, 1.807) is 19.3 Å². The molecule has 0 unspecified atom stereocenters. The molecule has 1 aromatic carbocycles. The summed E-state index contributed by atoms with van der Waals surface area (Å²) in [6, 6.07) is 5.86. The fraction of sp³-hybridized carbons (Fsp3) is 0.650. The van der Waals surface area contributed by atoms with E-state index >= 15 is 0 Å². The Hall–Kier alpha value is -1.31. The summed E-state index contributed by atoms with van der Waals surface area (Å²) >= 11 is 0. The summed E-state index contributed by atoms with van der Waals surface area (Å²) in [5.74, 6) is 0.317. The Morgan fingerprint density at radius 2 is 1.50 bits per heavy atom. The van der Waals surface area contributed by atoms with Gasteiger partial charge in [0.15, 0.2) is 0 Å². The van der Waals surface area contributed by atoms with E-state index in [2.05, 4.69) is 18.0 Å². The van der Waals surface area contributed by atoms with Crippen molar-refractivity contribution in [1.82, 2.24) is 0 Å². The molecule has 0 saturated carbocycles. The smallest absolute Gasteiger partial charge is 0.124 e. The van der Waals surface area contributed by atoms with Gasteiger partial charge in [0.05, 0.1) is 0 Å². The van der Waals surface area contributed by atoms with E-state index in [0.29, 0.717) is 5.75 Å². The summed E-state index contributed by atoms with van der Waals surface area (Å²) < 4.78 is 0. The summed E-state index contributed by atoms with van der Waals surface area (Å²) in [7, 11) is 1.73. The number of phenolic OH excluding ortho intramolecular Hbond substituents is 1. The van der Waals surface area contributed by atoms with Crippen LogP contribution >= 0.6 is 0 Å². The number of rotatable bonds is 12. The molecule has 0 bridgehead atoms. The number of nitrogens with zero attached hydrogens (tertiary/aromatic N) is 1. The lowest BCUT2D eigenvalue weighted by Gasteiger charge is -2.05. The minimum Gasteiger partial charge on any atom is -0.507 e. The Morgan fingerprint density at radius 3 is 2.09 bits per heavy atom. The first-order valence-electron chi connectivity index (χ1n) is 9.02. The molecule has 0 heterocycles. The van der Waals surface area contributed by atoms with Gasteiger partial charge in [-0.05, 0) is 30.5 Å². The van der Waals surface area contributed by atoms with Crippen molar-refractivity contribution in [2.24, 2.45) is 4.99 Å². The number of aryl methyl sites for hydroxylation is 1. The molecule has 0 radical (unpaired) electrons. The Labute approximate surface area is 136 Å². The fourth-order valence-electron chi connectivity index (χ4n) is 2.82. The van der Waals surface area contributed by atoms with Gasteiger partial charge < -0.3 is 5.11 Å². The minimum absolute atomic E-state index is 0.317. The molecule has 0 aliphatic heterocycles. The second-order valence-corrected chi connectivity index (χ2v) is 6.21. The molecule has 124 valence electrons. The van der Waals surface area contributed by atoms with Crippen molar-refractivity contribution in [3.05, 3.63) is 29.3 Å². The molecule has 2 nitrogen and oxygen atoms in total. The maximum absolute atomic E-state index is 9.72. The third kappa shape index (κ3) is 8.21. The van der Waals surface area contributed by atoms with E-state index < -0.39 is 0 Å². The quantitative estimate of drug-likeness (QED) is 0.378. The molecule has 0 spiro atoms. The van der Waals surface area contributed by atoms with E-state index in [-0.39, 0.29) is 0 Å². The van der Waals surface area contributed by atoms with Crippen molar-refractivity contribution in [2.45, 2.75) is 77.6 Å². The van der Waals surface area contributed by atoms with E-state index in [4.69, 9.17) is 0 Å². The van der Waals surface area contributed by atoms with Gasteiger partial charge in [-0.2, -0.15) is 0 Å². The summed E-state index contributed by atoms with van der Waals surface area (Å²) in [6.45, 7) is 2.27. The highest BCUT2D eigenvalue weighted by atomic mass is 16.3. The number of hydrogen-bond donors (Lipinski definition) is 1. The van der Waals surface area contributed by atoms with Crippen LogP contribution in [-0.2, 0) is 6.42 Å². The highest BCUT2D eigenvalue weighted by Crippen LogP contribution is 2.18. The summed E-state index contributed by atoms with van der Waals surface area (Å²) in [5, 5.41) is 9.72. The van der Waals surface area contributed by atoms with Gasteiger partial charge in [-0.3, -0.25) is 4.99 Å². The van der Waals surface area contributed by atoms with Crippen LogP contribution in [-0.4, -0.2) is 18.4 Å². The van der Waals surface area contributed by atoms with Gasteiger partial charge in [-0.15, -0.1) is 0 Å². The average molecular weight is 303 g/mol. The van der Waals surface area contributed by atoms with Crippen LogP contribution in [0.5, 0.6) is 5.75 Å². The molecule has 0 saturated heterocycles. The second kappa shape index (κ2) is 12.3. The van der Waals surface area contributed by atoms with E-state index in [9.17, 15) is 5.11 Å². The molecule has 0 fully saturated rings. The highest BCUT2D eigenvalue weighted by Gasteiger charge is 2.01. The van der Waals surface area contributed by atoms with Crippen LogP contribution < -0.4 is 0 Å². The van der Waals surface area contributed by atoms with E-state index in [0.717, 1.165) is 12.0 Å². The predicted molar refractivity (Wildman–Crippen MR) is 97.2 cm³/mol. The van der Waals surface area contributed by atoms with E-state index in [1.807, 2.05) is 6.07 Å². The zero-order valence-corrected chi connectivity index (χ0v) is 14.5. The standard InChI is InChI=1S/C20H33NO/c1-3-4-5-6-7-8-9-10-11-12-13-18-14-15-20(22)19(16-18)17-21-2/h14-17,22H,3-13H2,1-2H3/b21-17+. The Morgan fingerprint density at radius 1 is 0.909 bits per heavy atom. The largest absolute Gasteiger partial charge is 0.507 e. The average Bonchev–Trinajstić information content (AvgIpc) is 2.52. The Bertz CT molecular complexity index is 426. The van der Waals surface area contributed by atoms with Gasteiger partial charge in [0.2, 0.25) is 0 Å². The second-order valence-electron chi connectivity index (χ2n) is 6.21. The molecular formula is C20H33NO. The minimum atomic E-state index is 0.317. The van der Waals surface area contributed by atoms with Crippen molar-refractivity contribution in [3.8, 4) is 5.75 Å². The molecule has 0 amide bonds. The van der Waals surface area contributed by atoms with Crippen LogP contribution in [0.3, 0.4) is 0 Å². The van der Waals surface area contributed by atoms with Crippen LogP contribution in [0, 0.1) is 0 Å². The zero-order valence-electron chi connectivity index (χ0n) is 14.5. The predicted octanol–water partition coefficient (Wildman–Crippen LogP) is 5.90. The number of phenols is 1. The normalized spacial score (nSPS) is 11.4. The van der Waals surface area contributed by atoms with Crippen LogP contribution in [0.15, 0.2) is 23.2 Å². The van der Waals surface area contributed by atoms with Crippen molar-refractivity contribution >= 4 is 6.21 Å². The maximum atomic E-state index is 9.72. The first kappa shape index (κ1) is 18.7. The van der Waals surface area contributed by atoms with Gasteiger partial charge >= 0.3 is 0 Å². The molecule has 22 heavy (non-hydrogen) atoms. The Balaban J connectivity index is 2.08. The highest BCUT2D eigenvalue weighted by molar-refractivity contribution is 5.83. The number of hydrogen-bond acceptors (Lipinski definition) is 2. The third-order valence-electron chi connectivity index (χ3n) is 4.18. The van der Waals surface area contributed by atoms with Crippen LogP contribution in [0.25, 0.3) is 0 Å². The third-order valence-corrected chi connectivity index (χ3v) is 4.18. The lowest BCUT2D eigenvalue weighted by atomic mass is 10.0. The van der Waals surface area contributed by atoms with Crippen LogP contribution in [0.2, 0.25) is 0 Å². The van der Waals surface area contributed by atoms with Gasteiger partial charge in [0, 0.05) is 18.8 Å². The first-order chi connectivity index (χ1) is 10.8. The van der Waals surface area contributed by atoms with Crippen LogP contribution in [0.1, 0.15) is 82.3 Å². The van der Waals surface area contributed by atoms with Gasteiger partial charge in [0.25, 0.3) is 0 Å². The molecule has 0 atom stereocenters. The SMILES string of the molecule is CCCCCCCCCCCCc1ccc(O)c(/C=N/C)c1. The van der Waals surface area contributed by atoms with Gasteiger partial charge in [0.1, 0.15) is 5.75 Å². The molecule has 1 aromatic rings. The lowest BCUT2D eigenvalue weighted by Crippen LogP contribution is -1.90. The Kier molecular flexibility index (Phi) is 10.4. The topological polar surface area (TPSA) is 32.6 Å². The maximum Gasteiger partial charge on any atom is 0.124 e. The molecule has 0 aliphatic carbocycles. The van der Waals surface area contributed by atoms with Crippen LogP contribution in [0.4, 0.5) is 0 Å². The monoisotopic (exact) mass is 303 g/mol. The lowest BCUT2D eigenvalue weighted by molar-refractivity contribution is 0.474. The number of aromatic hydroxyl groups is 1. The molecule has 1 rings (SSSR count). The fourth-order valence-corrected chi connectivity index (χ4v) is 2.82. The molecule has 2 heteroatoms. The summed E-state index contributed by atoms with van der Waals surface area (Å²) in [5.41, 5.74) is 2.12. The van der Waals surface area contributed by atoms with Crippen molar-refractivity contribution < 1.29 is 5.11 Å². The molecular weight excluding hydrogens is 270 g/mol. The first-order valence-corrected chi connectivity index (χ1v) is 9.02. The number of benzene rings is 1. The molecule has 0 aromatic heterocycles.